The van der Waals surface area contributed by atoms with Crippen LogP contribution in [0.4, 0.5) is 4.79 Å². The fourth-order valence-electron chi connectivity index (χ4n) is 4.48. The molecule has 1 amide bonds. The number of benzene rings is 2. The molecule has 0 heterocycles. The first-order valence-corrected chi connectivity index (χ1v) is 12.5. The Kier molecular flexibility index (Phi) is 7.46. The van der Waals surface area contributed by atoms with Crippen molar-refractivity contribution < 1.29 is 13.7 Å². The molecule has 5 nitrogen and oxygen atoms in total. The number of nitrogens with one attached hydrogen (secondary N) is 2. The average Bonchev–Trinajstić information content (AvgIpc) is 3.14. The van der Waals surface area contributed by atoms with Crippen LogP contribution in [0.5, 0.6) is 0 Å². The zero-order chi connectivity index (χ0) is 23.6. The lowest BCUT2D eigenvalue weighted by atomic mass is 9.88. The molecule has 1 unspecified atom stereocenters. The van der Waals surface area contributed by atoms with Crippen LogP contribution < -0.4 is 10.0 Å². The summed E-state index contributed by atoms with van der Waals surface area (Å²) in [5, 5.41) is 2.88. The summed E-state index contributed by atoms with van der Waals surface area (Å²) in [5.74, 6) is 0. The highest BCUT2D eigenvalue weighted by Crippen LogP contribution is 2.38. The molecule has 2 aromatic rings. The van der Waals surface area contributed by atoms with Crippen LogP contribution in [0.1, 0.15) is 73.7 Å². The Morgan fingerprint density at radius 1 is 1.09 bits per heavy atom. The SMILES string of the molecule is CCOC(=O)NC(N[S@](=O)C(C)(C)C)c1cc2c(c(-c3c(C)cc(C)cc3C)c1)CCC2. The molecule has 0 fully saturated rings. The molecule has 3 rings (SSSR count). The third-order valence-electron chi connectivity index (χ3n) is 5.84. The molecule has 0 aromatic heterocycles. The maximum absolute atomic E-state index is 12.9. The Morgan fingerprint density at radius 3 is 2.34 bits per heavy atom. The van der Waals surface area contributed by atoms with Gasteiger partial charge in [0.05, 0.1) is 22.3 Å². The Morgan fingerprint density at radius 2 is 1.75 bits per heavy atom. The summed E-state index contributed by atoms with van der Waals surface area (Å²) in [5.41, 5.74) is 9.79. The summed E-state index contributed by atoms with van der Waals surface area (Å²) in [6.07, 6.45) is 2.03. The Labute approximate surface area is 194 Å². The second-order valence-electron chi connectivity index (χ2n) is 9.63. The van der Waals surface area contributed by atoms with Crippen LogP contribution in [0.15, 0.2) is 24.3 Å². The summed E-state index contributed by atoms with van der Waals surface area (Å²) >= 11 is 0. The van der Waals surface area contributed by atoms with Gasteiger partial charge in [-0.25, -0.2) is 13.7 Å². The number of fused-ring (bicyclic) bond motifs is 1. The number of carbonyl (C=O) groups is 1. The van der Waals surface area contributed by atoms with Crippen LogP contribution in [0.25, 0.3) is 11.1 Å². The molecule has 1 aliphatic rings. The van der Waals surface area contributed by atoms with Crippen LogP contribution >= 0.6 is 0 Å². The zero-order valence-electron chi connectivity index (χ0n) is 20.3. The third kappa shape index (κ3) is 5.41. The van der Waals surface area contributed by atoms with Gasteiger partial charge in [-0.2, -0.15) is 0 Å². The van der Waals surface area contributed by atoms with E-state index >= 15 is 0 Å². The number of hydrogen-bond donors (Lipinski definition) is 2. The largest absolute Gasteiger partial charge is 0.450 e. The van der Waals surface area contributed by atoms with Gasteiger partial charge in [0.15, 0.2) is 0 Å². The molecule has 0 aliphatic heterocycles. The number of aryl methyl sites for hydroxylation is 4. The molecule has 1 aliphatic carbocycles. The summed E-state index contributed by atoms with van der Waals surface area (Å²) in [4.78, 5) is 12.3. The van der Waals surface area contributed by atoms with E-state index in [-0.39, 0.29) is 6.61 Å². The number of ether oxygens (including phenoxy) is 1. The first kappa shape index (κ1) is 24.5. The molecular formula is C26H36N2O3S. The molecule has 0 saturated carbocycles. The average molecular weight is 457 g/mol. The van der Waals surface area contributed by atoms with Crippen molar-refractivity contribution in [2.75, 3.05) is 6.61 Å². The number of hydrogen-bond acceptors (Lipinski definition) is 3. The van der Waals surface area contributed by atoms with Crippen LogP contribution in [0.2, 0.25) is 0 Å². The molecule has 0 bridgehead atoms. The van der Waals surface area contributed by atoms with Crippen molar-refractivity contribution in [3.8, 4) is 11.1 Å². The van der Waals surface area contributed by atoms with E-state index in [9.17, 15) is 9.00 Å². The minimum absolute atomic E-state index is 0.276. The van der Waals surface area contributed by atoms with Gasteiger partial charge in [-0.15, -0.1) is 0 Å². The van der Waals surface area contributed by atoms with Crippen molar-refractivity contribution >= 4 is 17.1 Å². The monoisotopic (exact) mass is 456 g/mol. The summed E-state index contributed by atoms with van der Waals surface area (Å²) in [6.45, 7) is 14.2. The highest BCUT2D eigenvalue weighted by Gasteiger charge is 2.27. The van der Waals surface area contributed by atoms with Crippen molar-refractivity contribution in [1.29, 1.82) is 0 Å². The Hall–Kier alpha value is -2.18. The standard InChI is InChI=1S/C26H36N2O3S/c1-8-31-25(29)27-24(28-32(30)26(5,6)7)20-14-19-10-9-11-21(19)22(15-20)23-17(3)12-16(2)13-18(23)4/h12-15,24,28H,8-11H2,1-7H3,(H,27,29)/t24?,32-/m1/s1. The molecule has 32 heavy (non-hydrogen) atoms. The maximum Gasteiger partial charge on any atom is 0.408 e. The van der Waals surface area contributed by atoms with E-state index in [0.717, 1.165) is 24.8 Å². The van der Waals surface area contributed by atoms with Crippen LogP contribution in [0, 0.1) is 20.8 Å². The van der Waals surface area contributed by atoms with Crippen LogP contribution in [-0.2, 0) is 28.6 Å². The van der Waals surface area contributed by atoms with Crippen LogP contribution in [-0.4, -0.2) is 21.7 Å². The van der Waals surface area contributed by atoms with Gasteiger partial charge in [0.2, 0.25) is 0 Å². The van der Waals surface area contributed by atoms with Crippen molar-refractivity contribution in [2.45, 2.75) is 78.6 Å². The molecule has 0 spiro atoms. The van der Waals surface area contributed by atoms with Crippen molar-refractivity contribution in [2.24, 2.45) is 0 Å². The topological polar surface area (TPSA) is 67.4 Å². The Balaban J connectivity index is 2.13. The van der Waals surface area contributed by atoms with Gasteiger partial charge in [0.1, 0.15) is 6.17 Å². The summed E-state index contributed by atoms with van der Waals surface area (Å²) in [7, 11) is -1.37. The molecule has 2 atom stereocenters. The quantitative estimate of drug-likeness (QED) is 0.559. The minimum atomic E-state index is -1.37. The van der Waals surface area contributed by atoms with Crippen molar-refractivity contribution in [3.05, 3.63) is 57.6 Å². The Bertz CT molecular complexity index is 1020. The third-order valence-corrected chi connectivity index (χ3v) is 7.40. The number of amides is 1. The predicted molar refractivity (Wildman–Crippen MR) is 132 cm³/mol. The van der Waals surface area contributed by atoms with Gasteiger partial charge in [-0.1, -0.05) is 23.8 Å². The fraction of sp³-hybridized carbons (Fsp3) is 0.500. The smallest absolute Gasteiger partial charge is 0.408 e. The molecule has 174 valence electrons. The van der Waals surface area contributed by atoms with Crippen molar-refractivity contribution in [1.82, 2.24) is 10.0 Å². The van der Waals surface area contributed by atoms with E-state index in [0.29, 0.717) is 0 Å². The number of rotatable bonds is 6. The van der Waals surface area contributed by atoms with E-state index < -0.39 is 28.0 Å². The fourth-order valence-corrected chi connectivity index (χ4v) is 5.24. The maximum atomic E-state index is 12.9. The van der Waals surface area contributed by atoms with E-state index in [1.165, 1.54) is 38.9 Å². The van der Waals surface area contributed by atoms with Gasteiger partial charge < -0.3 is 10.1 Å². The lowest BCUT2D eigenvalue weighted by Crippen LogP contribution is -2.43. The normalized spacial score (nSPS) is 15.2. The van der Waals surface area contributed by atoms with Gasteiger partial charge in [-0.05, 0) is 113 Å². The second kappa shape index (κ2) is 9.75. The zero-order valence-corrected chi connectivity index (χ0v) is 21.2. The second-order valence-corrected chi connectivity index (χ2v) is 11.6. The predicted octanol–water partition coefficient (Wildman–Crippen LogP) is 5.56. The lowest BCUT2D eigenvalue weighted by molar-refractivity contribution is 0.147. The van der Waals surface area contributed by atoms with E-state index in [2.05, 4.69) is 55.1 Å². The van der Waals surface area contributed by atoms with Crippen LogP contribution in [0.3, 0.4) is 0 Å². The first-order chi connectivity index (χ1) is 15.0. The molecule has 6 heteroatoms. The summed E-state index contributed by atoms with van der Waals surface area (Å²) in [6, 6.07) is 8.74. The molecule has 2 N–H and O–H groups in total. The number of carbonyl (C=O) groups excluding carboxylic acids is 1. The van der Waals surface area contributed by atoms with E-state index in [1.54, 1.807) is 6.92 Å². The summed E-state index contributed by atoms with van der Waals surface area (Å²) < 4.78 is 20.7. The van der Waals surface area contributed by atoms with Gasteiger partial charge in [-0.3, -0.25) is 0 Å². The minimum Gasteiger partial charge on any atom is -0.450 e. The van der Waals surface area contributed by atoms with Gasteiger partial charge in [0.25, 0.3) is 0 Å². The lowest BCUT2D eigenvalue weighted by Gasteiger charge is -2.26. The number of alkyl carbamates (subject to hydrolysis) is 1. The molecule has 0 radical (unpaired) electrons. The first-order valence-electron chi connectivity index (χ1n) is 11.4. The van der Waals surface area contributed by atoms with Gasteiger partial charge >= 0.3 is 6.09 Å². The van der Waals surface area contributed by atoms with E-state index in [4.69, 9.17) is 4.74 Å². The van der Waals surface area contributed by atoms with Gasteiger partial charge in [0, 0.05) is 0 Å². The molecular weight excluding hydrogens is 420 g/mol. The highest BCUT2D eigenvalue weighted by molar-refractivity contribution is 7.84. The van der Waals surface area contributed by atoms with E-state index in [1.807, 2.05) is 20.8 Å². The van der Waals surface area contributed by atoms with Crippen molar-refractivity contribution in [3.63, 3.8) is 0 Å². The molecule has 0 saturated heterocycles. The highest BCUT2D eigenvalue weighted by atomic mass is 32.2. The molecule has 2 aromatic carbocycles.